The van der Waals surface area contributed by atoms with Gasteiger partial charge in [0.1, 0.15) is 5.56 Å². The largest absolute Gasteiger partial charge is 0.462 e. The van der Waals surface area contributed by atoms with Crippen molar-refractivity contribution in [2.45, 2.75) is 6.92 Å². The molecular formula is C11H11N3O3. The molecule has 0 atom stereocenters. The fraction of sp³-hybridized carbons (Fsp3) is 0.182. The summed E-state index contributed by atoms with van der Waals surface area (Å²) in [6, 6.07) is 5.15. The summed E-state index contributed by atoms with van der Waals surface area (Å²) in [4.78, 5) is 27.3. The van der Waals surface area contributed by atoms with Crippen molar-refractivity contribution in [3.05, 3.63) is 46.5 Å². The quantitative estimate of drug-likeness (QED) is 0.793. The number of hydrogen-bond acceptors (Lipinski definition) is 4. The number of pyridine rings is 1. The van der Waals surface area contributed by atoms with E-state index in [4.69, 9.17) is 4.74 Å². The smallest absolute Gasteiger partial charge is 0.345 e. The van der Waals surface area contributed by atoms with Crippen LogP contribution in [0.1, 0.15) is 17.3 Å². The highest BCUT2D eigenvalue weighted by molar-refractivity contribution is 5.88. The van der Waals surface area contributed by atoms with Crippen molar-refractivity contribution in [1.82, 2.24) is 14.8 Å². The Morgan fingerprint density at radius 2 is 2.35 bits per heavy atom. The number of aromatic nitrogens is 3. The van der Waals surface area contributed by atoms with Gasteiger partial charge in [0.2, 0.25) is 0 Å². The molecule has 0 saturated carbocycles. The van der Waals surface area contributed by atoms with E-state index < -0.39 is 11.5 Å². The van der Waals surface area contributed by atoms with Crippen LogP contribution in [0.5, 0.6) is 0 Å². The standard InChI is InChI=1S/C11H11N3O3/c1-2-17-11(16)8-7-13-14(10(8)15)9-5-3-4-6-12-9/h3-7,13H,2H2,1H3. The molecule has 0 spiro atoms. The third-order valence-electron chi connectivity index (χ3n) is 2.15. The Hall–Kier alpha value is -2.37. The van der Waals surface area contributed by atoms with Gasteiger partial charge >= 0.3 is 5.97 Å². The van der Waals surface area contributed by atoms with Gasteiger partial charge in [0.25, 0.3) is 5.56 Å². The summed E-state index contributed by atoms with van der Waals surface area (Å²) in [5.41, 5.74) is -0.500. The molecule has 0 aromatic carbocycles. The maximum absolute atomic E-state index is 11.9. The molecular weight excluding hydrogens is 222 g/mol. The van der Waals surface area contributed by atoms with E-state index >= 15 is 0 Å². The first kappa shape index (κ1) is 11.1. The number of carbonyl (C=O) groups excluding carboxylic acids is 1. The van der Waals surface area contributed by atoms with E-state index in [0.29, 0.717) is 5.82 Å². The fourth-order valence-electron chi connectivity index (χ4n) is 1.38. The van der Waals surface area contributed by atoms with Gasteiger partial charge in [-0.15, -0.1) is 0 Å². The lowest BCUT2D eigenvalue weighted by molar-refractivity contribution is 0.0525. The predicted octanol–water partition coefficient (Wildman–Crippen LogP) is 0.737. The molecule has 2 aromatic heterocycles. The number of carbonyl (C=O) groups is 1. The summed E-state index contributed by atoms with van der Waals surface area (Å²) >= 11 is 0. The third kappa shape index (κ3) is 2.10. The molecule has 0 saturated heterocycles. The van der Waals surface area contributed by atoms with E-state index in [0.717, 1.165) is 0 Å². The average molecular weight is 233 g/mol. The number of hydrogen-bond donors (Lipinski definition) is 1. The lowest BCUT2D eigenvalue weighted by Gasteiger charge is -1.98. The second-order valence-electron chi connectivity index (χ2n) is 3.24. The molecule has 6 heteroatoms. The molecule has 0 unspecified atom stereocenters. The number of H-pyrrole nitrogens is 1. The molecule has 2 aromatic rings. The minimum atomic E-state index is -0.636. The Morgan fingerprint density at radius 1 is 1.53 bits per heavy atom. The average Bonchev–Trinajstić information content (AvgIpc) is 2.72. The van der Waals surface area contributed by atoms with Crippen molar-refractivity contribution in [1.29, 1.82) is 0 Å². The summed E-state index contributed by atoms with van der Waals surface area (Å²) in [6.07, 6.45) is 2.88. The van der Waals surface area contributed by atoms with Gasteiger partial charge in [-0.05, 0) is 19.1 Å². The molecule has 0 fully saturated rings. The van der Waals surface area contributed by atoms with Gasteiger partial charge in [0, 0.05) is 12.4 Å². The van der Waals surface area contributed by atoms with Gasteiger partial charge in [-0.1, -0.05) is 6.07 Å². The van der Waals surface area contributed by atoms with E-state index in [1.807, 2.05) is 0 Å². The Balaban J connectivity index is 2.40. The first-order chi connectivity index (χ1) is 8.24. The van der Waals surface area contributed by atoms with Crippen molar-refractivity contribution in [2.75, 3.05) is 6.61 Å². The van der Waals surface area contributed by atoms with Crippen LogP contribution in [-0.2, 0) is 4.74 Å². The van der Waals surface area contributed by atoms with E-state index in [-0.39, 0.29) is 12.2 Å². The lowest BCUT2D eigenvalue weighted by Crippen LogP contribution is -2.21. The number of aromatic amines is 1. The molecule has 2 rings (SSSR count). The number of rotatable bonds is 3. The highest BCUT2D eigenvalue weighted by atomic mass is 16.5. The highest BCUT2D eigenvalue weighted by Gasteiger charge is 2.16. The van der Waals surface area contributed by atoms with Gasteiger partial charge in [0.15, 0.2) is 5.82 Å². The van der Waals surface area contributed by atoms with E-state index in [2.05, 4.69) is 10.1 Å². The van der Waals surface area contributed by atoms with Gasteiger partial charge in [-0.25, -0.2) is 14.5 Å². The zero-order valence-electron chi connectivity index (χ0n) is 9.21. The Morgan fingerprint density at radius 3 is 3.00 bits per heavy atom. The van der Waals surface area contributed by atoms with Crippen LogP contribution >= 0.6 is 0 Å². The SMILES string of the molecule is CCOC(=O)c1c[nH]n(-c2ccccn2)c1=O. The molecule has 0 bridgehead atoms. The first-order valence-corrected chi connectivity index (χ1v) is 5.13. The van der Waals surface area contributed by atoms with Crippen molar-refractivity contribution >= 4 is 5.97 Å². The summed E-state index contributed by atoms with van der Waals surface area (Å²) in [5, 5.41) is 2.67. The van der Waals surface area contributed by atoms with Crippen LogP contribution in [0.2, 0.25) is 0 Å². The lowest BCUT2D eigenvalue weighted by atomic mass is 10.3. The minimum Gasteiger partial charge on any atom is -0.462 e. The minimum absolute atomic E-state index is 0.0301. The second-order valence-corrected chi connectivity index (χ2v) is 3.24. The van der Waals surface area contributed by atoms with Crippen molar-refractivity contribution in [2.24, 2.45) is 0 Å². The van der Waals surface area contributed by atoms with Crippen molar-refractivity contribution in [3.63, 3.8) is 0 Å². The Labute approximate surface area is 96.8 Å². The fourth-order valence-corrected chi connectivity index (χ4v) is 1.38. The molecule has 0 radical (unpaired) electrons. The number of ether oxygens (including phenoxy) is 1. The summed E-state index contributed by atoms with van der Waals surface area (Å²) in [5.74, 6) is -0.212. The van der Waals surface area contributed by atoms with Crippen molar-refractivity contribution < 1.29 is 9.53 Å². The van der Waals surface area contributed by atoms with Crippen LogP contribution in [0.25, 0.3) is 5.82 Å². The Kier molecular flexibility index (Phi) is 3.04. The number of nitrogens with one attached hydrogen (secondary N) is 1. The molecule has 6 nitrogen and oxygen atoms in total. The zero-order valence-corrected chi connectivity index (χ0v) is 9.21. The van der Waals surface area contributed by atoms with E-state index in [1.54, 1.807) is 31.3 Å². The molecule has 0 amide bonds. The van der Waals surface area contributed by atoms with Crippen LogP contribution in [0.15, 0.2) is 35.4 Å². The summed E-state index contributed by atoms with van der Waals surface area (Å²) in [7, 11) is 0. The van der Waals surface area contributed by atoms with Crippen LogP contribution in [-0.4, -0.2) is 27.3 Å². The topological polar surface area (TPSA) is 77.0 Å². The van der Waals surface area contributed by atoms with Gasteiger partial charge in [0.05, 0.1) is 6.61 Å². The number of nitrogens with zero attached hydrogens (tertiary/aromatic N) is 2. The van der Waals surface area contributed by atoms with E-state index in [1.165, 1.54) is 10.9 Å². The van der Waals surface area contributed by atoms with Crippen LogP contribution < -0.4 is 5.56 Å². The molecule has 0 aliphatic heterocycles. The molecule has 1 N–H and O–H groups in total. The van der Waals surface area contributed by atoms with Crippen LogP contribution in [0.4, 0.5) is 0 Å². The zero-order chi connectivity index (χ0) is 12.3. The summed E-state index contributed by atoms with van der Waals surface area (Å²) in [6.45, 7) is 1.91. The molecule has 0 aliphatic rings. The summed E-state index contributed by atoms with van der Waals surface area (Å²) < 4.78 is 5.95. The molecule has 0 aliphatic carbocycles. The molecule has 2 heterocycles. The maximum Gasteiger partial charge on any atom is 0.345 e. The monoisotopic (exact) mass is 233 g/mol. The third-order valence-corrected chi connectivity index (χ3v) is 2.15. The first-order valence-electron chi connectivity index (χ1n) is 5.13. The number of esters is 1. The van der Waals surface area contributed by atoms with Gasteiger partial charge in [-0.2, -0.15) is 0 Å². The van der Waals surface area contributed by atoms with Gasteiger partial charge < -0.3 is 4.74 Å². The van der Waals surface area contributed by atoms with Crippen LogP contribution in [0, 0.1) is 0 Å². The van der Waals surface area contributed by atoms with Crippen LogP contribution in [0.3, 0.4) is 0 Å². The maximum atomic E-state index is 11.9. The highest BCUT2D eigenvalue weighted by Crippen LogP contribution is 2.00. The van der Waals surface area contributed by atoms with E-state index in [9.17, 15) is 9.59 Å². The van der Waals surface area contributed by atoms with Gasteiger partial charge in [-0.3, -0.25) is 9.89 Å². The second kappa shape index (κ2) is 4.65. The normalized spacial score (nSPS) is 10.2. The molecule has 17 heavy (non-hydrogen) atoms. The van der Waals surface area contributed by atoms with Crippen molar-refractivity contribution in [3.8, 4) is 5.82 Å². The predicted molar refractivity (Wildman–Crippen MR) is 60.1 cm³/mol. The Bertz CT molecular complexity index is 571. The molecule has 88 valence electrons.